The van der Waals surface area contributed by atoms with Gasteiger partial charge >= 0.3 is 12.1 Å². The van der Waals surface area contributed by atoms with Crippen molar-refractivity contribution in [1.29, 1.82) is 0 Å². The number of pyridine rings is 3. The molecule has 11 nitrogen and oxygen atoms in total. The second-order valence-corrected chi connectivity index (χ2v) is 13.1. The first-order chi connectivity index (χ1) is 23.5. The maximum absolute atomic E-state index is 14.0. The number of H-pyrrole nitrogens is 1. The SMILES string of the molecule is CCOC(=O)CCc1ccc(C(=O)Nc2nc3nc(-c4cc(C5CC5)nc(C(F)(F)F)c4)cc(N(C)CC4(COC)CCCC4)c3[nH]2)nc1. The van der Waals surface area contributed by atoms with Crippen molar-refractivity contribution in [3.8, 4) is 11.3 Å². The normalized spacial score (nSPS) is 15.8. The number of alkyl halides is 3. The topological polar surface area (TPSA) is 135 Å². The number of esters is 1. The molecule has 2 fully saturated rings. The van der Waals surface area contributed by atoms with Crippen molar-refractivity contribution in [2.75, 3.05) is 44.1 Å². The first-order valence-electron chi connectivity index (χ1n) is 16.6. The highest BCUT2D eigenvalue weighted by atomic mass is 19.4. The molecule has 0 aromatic carbocycles. The maximum atomic E-state index is 14.0. The van der Waals surface area contributed by atoms with E-state index in [1.165, 1.54) is 6.20 Å². The van der Waals surface area contributed by atoms with Crippen LogP contribution >= 0.6 is 0 Å². The fourth-order valence-electron chi connectivity index (χ4n) is 6.64. The summed E-state index contributed by atoms with van der Waals surface area (Å²) in [7, 11) is 3.63. The van der Waals surface area contributed by atoms with Gasteiger partial charge in [-0.3, -0.25) is 19.9 Å². The van der Waals surface area contributed by atoms with Crippen molar-refractivity contribution in [3.05, 3.63) is 59.2 Å². The Hall–Kier alpha value is -4.59. The Morgan fingerprint density at radius 1 is 1.10 bits per heavy atom. The number of nitrogens with zero attached hydrogens (tertiary/aromatic N) is 5. The van der Waals surface area contributed by atoms with Crippen molar-refractivity contribution in [2.45, 2.75) is 70.4 Å². The van der Waals surface area contributed by atoms with Crippen molar-refractivity contribution < 1.29 is 32.2 Å². The van der Waals surface area contributed by atoms with E-state index in [1.54, 1.807) is 38.3 Å². The highest BCUT2D eigenvalue weighted by Gasteiger charge is 2.37. The molecule has 6 rings (SSSR count). The van der Waals surface area contributed by atoms with E-state index in [-0.39, 0.29) is 41.0 Å². The zero-order valence-electron chi connectivity index (χ0n) is 27.8. The van der Waals surface area contributed by atoms with Crippen LogP contribution in [-0.4, -0.2) is 70.7 Å². The van der Waals surface area contributed by atoms with Crippen molar-refractivity contribution >= 4 is 34.7 Å². The standard InChI is InChI=1S/C35H40F3N7O4/c1-4-49-29(46)12-8-21-7-11-24(39-18-21)32(47)44-33-42-30-27(45(2)19-34(20-48-3)13-5-6-14-34)17-26(41-31(30)43-33)23-15-25(22-9-10-22)40-28(16-23)35(36,37)38/h7,11,15-18,22H,4-6,8-10,12-14,19-20H2,1-3H3,(H2,41,42,43,44,47). The smallest absolute Gasteiger partial charge is 0.433 e. The predicted octanol–water partition coefficient (Wildman–Crippen LogP) is 6.70. The maximum Gasteiger partial charge on any atom is 0.433 e. The Morgan fingerprint density at radius 2 is 1.88 bits per heavy atom. The van der Waals surface area contributed by atoms with Gasteiger partial charge in [0.1, 0.15) is 16.9 Å². The largest absolute Gasteiger partial charge is 0.466 e. The van der Waals surface area contributed by atoms with E-state index in [0.717, 1.165) is 50.2 Å². The van der Waals surface area contributed by atoms with Crippen molar-refractivity contribution in [3.63, 3.8) is 0 Å². The molecule has 260 valence electrons. The van der Waals surface area contributed by atoms with Gasteiger partial charge in [-0.15, -0.1) is 0 Å². The zero-order valence-corrected chi connectivity index (χ0v) is 27.8. The summed E-state index contributed by atoms with van der Waals surface area (Å²) < 4.78 is 52.4. The number of ether oxygens (including phenoxy) is 2. The van der Waals surface area contributed by atoms with Gasteiger partial charge in [-0.25, -0.2) is 9.97 Å². The lowest BCUT2D eigenvalue weighted by Crippen LogP contribution is -2.37. The highest BCUT2D eigenvalue weighted by Crippen LogP contribution is 2.43. The average Bonchev–Trinajstić information content (AvgIpc) is 3.70. The van der Waals surface area contributed by atoms with E-state index in [4.69, 9.17) is 9.47 Å². The molecular weight excluding hydrogens is 639 g/mol. The molecule has 4 aromatic rings. The van der Waals surface area contributed by atoms with Crippen molar-refractivity contribution in [2.24, 2.45) is 5.41 Å². The number of carbonyl (C=O) groups excluding carboxylic acids is 2. The molecule has 2 saturated carbocycles. The van der Waals surface area contributed by atoms with Gasteiger partial charge in [0, 0.05) is 55.9 Å². The van der Waals surface area contributed by atoms with Gasteiger partial charge < -0.3 is 19.4 Å². The number of aryl methyl sites for hydroxylation is 1. The number of imidazole rings is 1. The summed E-state index contributed by atoms with van der Waals surface area (Å²) in [6.45, 7) is 3.28. The lowest BCUT2D eigenvalue weighted by Gasteiger charge is -2.34. The number of rotatable bonds is 13. The fraction of sp³-hybridized carbons (Fsp3) is 0.486. The van der Waals surface area contributed by atoms with Crippen LogP contribution in [0.2, 0.25) is 0 Å². The minimum absolute atomic E-state index is 0.00404. The number of halogens is 3. The summed E-state index contributed by atoms with van der Waals surface area (Å²) in [5.74, 6) is -0.713. The molecule has 2 aliphatic rings. The molecule has 0 bridgehead atoms. The third-order valence-electron chi connectivity index (χ3n) is 9.18. The van der Waals surface area contributed by atoms with E-state index < -0.39 is 17.8 Å². The van der Waals surface area contributed by atoms with Gasteiger partial charge in [0.25, 0.3) is 5.91 Å². The first-order valence-corrected chi connectivity index (χ1v) is 16.6. The van der Waals surface area contributed by atoms with Gasteiger partial charge in [-0.1, -0.05) is 18.9 Å². The van der Waals surface area contributed by atoms with Crippen LogP contribution in [0.5, 0.6) is 0 Å². The van der Waals surface area contributed by atoms with Gasteiger partial charge in [0.15, 0.2) is 5.65 Å². The summed E-state index contributed by atoms with van der Waals surface area (Å²) in [6.07, 6.45) is 3.32. The number of amides is 1. The molecule has 0 unspecified atom stereocenters. The Morgan fingerprint density at radius 3 is 2.53 bits per heavy atom. The molecule has 0 atom stereocenters. The number of methoxy groups -OCH3 is 1. The molecule has 4 heterocycles. The number of fused-ring (bicyclic) bond motifs is 1. The van der Waals surface area contributed by atoms with E-state index in [1.807, 2.05) is 7.05 Å². The number of hydrogen-bond donors (Lipinski definition) is 2. The van der Waals surface area contributed by atoms with Crippen LogP contribution in [0.15, 0.2) is 36.5 Å². The number of nitrogens with one attached hydrogen (secondary N) is 2. The van der Waals surface area contributed by atoms with Crippen LogP contribution < -0.4 is 10.2 Å². The number of aromatic nitrogens is 5. The van der Waals surface area contributed by atoms with Gasteiger partial charge in [-0.05, 0) is 68.9 Å². The third kappa shape index (κ3) is 8.01. The Balaban J connectivity index is 1.33. The number of hydrogen-bond acceptors (Lipinski definition) is 9. The molecule has 49 heavy (non-hydrogen) atoms. The van der Waals surface area contributed by atoms with Crippen LogP contribution in [0, 0.1) is 5.41 Å². The number of aromatic amines is 1. The van der Waals surface area contributed by atoms with Crippen LogP contribution in [-0.2, 0) is 26.9 Å². The summed E-state index contributed by atoms with van der Waals surface area (Å²) in [4.78, 5) is 47.5. The number of anilines is 2. The van der Waals surface area contributed by atoms with E-state index >= 15 is 0 Å². The van der Waals surface area contributed by atoms with Crippen LogP contribution in [0.1, 0.15) is 85.2 Å². The first kappa shape index (κ1) is 34.3. The van der Waals surface area contributed by atoms with Gasteiger partial charge in [0.2, 0.25) is 5.95 Å². The molecular formula is C35H40F3N7O4. The molecule has 1 amide bonds. The minimum atomic E-state index is -4.62. The Bertz CT molecular complexity index is 1820. The van der Waals surface area contributed by atoms with Gasteiger partial charge in [-0.2, -0.15) is 18.2 Å². The predicted molar refractivity (Wildman–Crippen MR) is 177 cm³/mol. The molecule has 0 radical (unpaired) electrons. The Kier molecular flexibility index (Phi) is 9.87. The van der Waals surface area contributed by atoms with Crippen molar-refractivity contribution in [1.82, 2.24) is 24.9 Å². The van der Waals surface area contributed by atoms with E-state index in [2.05, 4.69) is 35.1 Å². The third-order valence-corrected chi connectivity index (χ3v) is 9.18. The summed E-state index contributed by atoms with van der Waals surface area (Å²) in [6, 6.07) is 7.77. The van der Waals surface area contributed by atoms with E-state index in [9.17, 15) is 22.8 Å². The second kappa shape index (κ2) is 14.1. The van der Waals surface area contributed by atoms with Crippen LogP contribution in [0.3, 0.4) is 0 Å². The van der Waals surface area contributed by atoms with E-state index in [0.29, 0.717) is 54.3 Å². The number of carbonyl (C=O) groups is 2. The average molecular weight is 680 g/mol. The fourth-order valence-corrected chi connectivity index (χ4v) is 6.64. The molecule has 2 N–H and O–H groups in total. The highest BCUT2D eigenvalue weighted by molar-refractivity contribution is 6.03. The molecule has 0 aliphatic heterocycles. The summed E-state index contributed by atoms with van der Waals surface area (Å²) >= 11 is 0. The monoisotopic (exact) mass is 679 g/mol. The molecule has 4 aromatic heterocycles. The quantitative estimate of drug-likeness (QED) is 0.148. The lowest BCUT2D eigenvalue weighted by atomic mass is 9.86. The summed E-state index contributed by atoms with van der Waals surface area (Å²) in [5, 5.41) is 2.74. The van der Waals surface area contributed by atoms with Crippen LogP contribution in [0.25, 0.3) is 22.4 Å². The molecule has 2 aliphatic carbocycles. The zero-order chi connectivity index (χ0) is 34.8. The molecule has 0 saturated heterocycles. The van der Waals surface area contributed by atoms with Crippen LogP contribution in [0.4, 0.5) is 24.8 Å². The lowest BCUT2D eigenvalue weighted by molar-refractivity contribution is -0.143. The Labute approximate surface area is 282 Å². The minimum Gasteiger partial charge on any atom is -0.466 e. The molecule has 14 heteroatoms. The summed E-state index contributed by atoms with van der Waals surface area (Å²) in [5.41, 5.74) is 2.35. The van der Waals surface area contributed by atoms with Gasteiger partial charge in [0.05, 0.1) is 24.6 Å². The second-order valence-electron chi connectivity index (χ2n) is 13.1. The molecule has 0 spiro atoms.